The third-order valence-electron chi connectivity index (χ3n) is 17.7. The van der Waals surface area contributed by atoms with E-state index < -0.39 is 0 Å². The molecule has 0 aromatic heterocycles. The van der Waals surface area contributed by atoms with Crippen LogP contribution in [0.2, 0.25) is 0 Å². The van der Waals surface area contributed by atoms with E-state index in [1.165, 1.54) is 149 Å². The lowest BCUT2D eigenvalue weighted by Gasteiger charge is -2.39. The molecule has 0 saturated heterocycles. The molecule has 0 radical (unpaired) electrons. The highest BCUT2D eigenvalue weighted by molar-refractivity contribution is 7.01. The van der Waals surface area contributed by atoms with Gasteiger partial charge in [-0.2, -0.15) is 5.26 Å². The maximum Gasteiger partial charge on any atom is 0.244 e. The summed E-state index contributed by atoms with van der Waals surface area (Å²) in [6.45, 7) is 19.6. The topological polar surface area (TPSA) is 23.8 Å². The second-order valence-electron chi connectivity index (χ2n) is 22.2. The standard InChI is InChI=1S/C63H46BN/c1-60(2)45-21-13-9-17-33(45)39-27-37-43-25-32(31-65)26-44-38-28-40-34-18-10-14-22-46(34)61(3,4)56(40)54-52(38)50(30-42-36-20-12-16-24-48(36)63(7,8)58(42)54)64(59(43)44)49-29-41-35-19-11-15-23-47(35)62(5,6)57(41)53(51(37)49)55(39)60/h9-30H,1-8H3. The van der Waals surface area contributed by atoms with Crippen molar-refractivity contribution < 1.29 is 0 Å². The Morgan fingerprint density at radius 3 is 0.969 bits per heavy atom. The number of benzene rings is 9. The van der Waals surface area contributed by atoms with E-state index in [-0.39, 0.29) is 28.4 Å². The van der Waals surface area contributed by atoms with Crippen molar-refractivity contribution in [3.8, 4) is 72.8 Å². The van der Waals surface area contributed by atoms with Gasteiger partial charge in [-0.15, -0.1) is 0 Å². The molecule has 0 amide bonds. The lowest BCUT2D eigenvalue weighted by molar-refractivity contribution is 0.650. The molecule has 9 aromatic rings. The van der Waals surface area contributed by atoms with Crippen LogP contribution in [-0.4, -0.2) is 6.71 Å². The fourth-order valence-corrected chi connectivity index (χ4v) is 15.2. The first-order valence-corrected chi connectivity index (χ1v) is 23.6. The Kier molecular flexibility index (Phi) is 6.22. The van der Waals surface area contributed by atoms with Crippen molar-refractivity contribution in [2.24, 2.45) is 0 Å². The van der Waals surface area contributed by atoms with Crippen molar-refractivity contribution in [2.75, 3.05) is 0 Å². The smallest absolute Gasteiger partial charge is 0.192 e. The Bertz CT molecular complexity index is 3630. The average Bonchev–Trinajstić information content (AvgIpc) is 3.88. The summed E-state index contributed by atoms with van der Waals surface area (Å²) < 4.78 is 0. The van der Waals surface area contributed by atoms with Gasteiger partial charge in [0.25, 0.3) is 0 Å². The van der Waals surface area contributed by atoms with Crippen LogP contribution in [0.25, 0.3) is 88.3 Å². The molecule has 0 bridgehead atoms. The summed E-state index contributed by atoms with van der Waals surface area (Å²) in [6.07, 6.45) is 0. The fourth-order valence-electron chi connectivity index (χ4n) is 15.2. The summed E-state index contributed by atoms with van der Waals surface area (Å²) in [5.74, 6) is 0. The molecular formula is C63H46BN. The maximum absolute atomic E-state index is 11.1. The van der Waals surface area contributed by atoms with Crippen LogP contribution in [0.15, 0.2) is 133 Å². The zero-order valence-corrected chi connectivity index (χ0v) is 38.2. The molecular weight excluding hydrogens is 782 g/mol. The Morgan fingerprint density at radius 2 is 0.646 bits per heavy atom. The van der Waals surface area contributed by atoms with Gasteiger partial charge in [0.15, 0.2) is 0 Å². The van der Waals surface area contributed by atoms with Gasteiger partial charge in [-0.05, 0) is 157 Å². The Morgan fingerprint density at radius 1 is 0.338 bits per heavy atom. The fraction of sp³-hybridized carbons (Fsp3) is 0.190. The van der Waals surface area contributed by atoms with E-state index in [0.29, 0.717) is 0 Å². The average molecular weight is 828 g/mol. The summed E-state index contributed by atoms with van der Waals surface area (Å²) in [5, 5.41) is 16.6. The third-order valence-corrected chi connectivity index (χ3v) is 17.7. The summed E-state index contributed by atoms with van der Waals surface area (Å²) in [5.41, 5.74) is 31.0. The number of hydrogen-bond acceptors (Lipinski definition) is 1. The second-order valence-corrected chi connectivity index (χ2v) is 22.2. The van der Waals surface area contributed by atoms with Crippen molar-refractivity contribution in [2.45, 2.75) is 77.0 Å². The van der Waals surface area contributed by atoms with Gasteiger partial charge in [0, 0.05) is 21.7 Å². The maximum atomic E-state index is 11.1. The van der Waals surface area contributed by atoms with Crippen molar-refractivity contribution >= 4 is 44.6 Å². The van der Waals surface area contributed by atoms with E-state index in [1.807, 2.05) is 0 Å². The van der Waals surface area contributed by atoms with E-state index in [1.54, 1.807) is 0 Å². The van der Waals surface area contributed by atoms with Gasteiger partial charge in [-0.3, -0.25) is 0 Å². The van der Waals surface area contributed by atoms with E-state index in [2.05, 4.69) is 195 Å². The molecule has 0 fully saturated rings. The third kappa shape index (κ3) is 3.88. The normalized spacial score (nSPS) is 17.4. The monoisotopic (exact) mass is 827 g/mol. The predicted octanol–water partition coefficient (Wildman–Crippen LogP) is 13.6. The summed E-state index contributed by atoms with van der Waals surface area (Å²) in [4.78, 5) is 0. The van der Waals surface area contributed by atoms with Crippen LogP contribution in [-0.2, 0) is 21.7 Å². The van der Waals surface area contributed by atoms with E-state index in [0.717, 1.165) is 5.56 Å². The Hall–Kier alpha value is -6.95. The van der Waals surface area contributed by atoms with Crippen LogP contribution >= 0.6 is 0 Å². The predicted molar refractivity (Wildman–Crippen MR) is 272 cm³/mol. The van der Waals surface area contributed by atoms with Crippen LogP contribution in [0.3, 0.4) is 0 Å². The quantitative estimate of drug-likeness (QED) is 0.140. The van der Waals surface area contributed by atoms with Crippen LogP contribution in [0.1, 0.15) is 105 Å². The summed E-state index contributed by atoms with van der Waals surface area (Å²) in [7, 11) is 0. The summed E-state index contributed by atoms with van der Waals surface area (Å²) in [6, 6.07) is 54.2. The zero-order chi connectivity index (χ0) is 44.0. The van der Waals surface area contributed by atoms with Gasteiger partial charge in [-0.1, -0.05) is 181 Å². The molecule has 2 aliphatic heterocycles. The Labute approximate surface area is 381 Å². The molecule has 0 unspecified atom stereocenters. The zero-order valence-electron chi connectivity index (χ0n) is 38.2. The van der Waals surface area contributed by atoms with Crippen molar-refractivity contribution in [3.05, 3.63) is 184 Å². The molecule has 0 N–H and O–H groups in total. The van der Waals surface area contributed by atoms with Gasteiger partial charge >= 0.3 is 0 Å². The SMILES string of the molecule is CC1(C)c2ccccc2-c2cc3c4c(cc5c(c4c21)C(C)(C)c1ccccc1-5)-c1cc(C#N)cc2c1B3c1cc3c(c4c5c(cc-2c14)-c1ccccc1C5(C)C)C(C)(C)c1ccccc1-3. The molecule has 0 atom stereocenters. The van der Waals surface area contributed by atoms with Crippen molar-refractivity contribution in [1.29, 1.82) is 5.26 Å². The molecule has 4 aliphatic carbocycles. The van der Waals surface area contributed by atoms with Crippen LogP contribution < -0.4 is 16.4 Å². The molecule has 2 heteroatoms. The number of nitrogens with zero attached hydrogens (tertiary/aromatic N) is 1. The van der Waals surface area contributed by atoms with Gasteiger partial charge in [0.1, 0.15) is 0 Å². The van der Waals surface area contributed by atoms with Gasteiger partial charge in [0.05, 0.1) is 11.6 Å². The Balaban J connectivity index is 1.20. The number of fused-ring (bicyclic) bond motifs is 20. The van der Waals surface area contributed by atoms with Crippen molar-refractivity contribution in [1.82, 2.24) is 0 Å². The molecule has 0 saturated carbocycles. The molecule has 9 aromatic carbocycles. The van der Waals surface area contributed by atoms with Crippen LogP contribution in [0.5, 0.6) is 0 Å². The van der Waals surface area contributed by atoms with E-state index in [4.69, 9.17) is 0 Å². The molecule has 0 spiro atoms. The van der Waals surface area contributed by atoms with Crippen LogP contribution in [0, 0.1) is 11.3 Å². The van der Waals surface area contributed by atoms with Gasteiger partial charge < -0.3 is 0 Å². The lowest BCUT2D eigenvalue weighted by atomic mass is 9.30. The minimum absolute atomic E-state index is 0.0463. The number of hydrogen-bond donors (Lipinski definition) is 0. The van der Waals surface area contributed by atoms with E-state index in [9.17, 15) is 5.26 Å². The molecule has 1 nitrogen and oxygen atoms in total. The first-order chi connectivity index (χ1) is 31.3. The van der Waals surface area contributed by atoms with Gasteiger partial charge in [0.2, 0.25) is 6.71 Å². The first kappa shape index (κ1) is 36.4. The van der Waals surface area contributed by atoms with Gasteiger partial charge in [-0.25, -0.2) is 0 Å². The van der Waals surface area contributed by atoms with E-state index >= 15 is 0 Å². The minimum atomic E-state index is -0.224. The minimum Gasteiger partial charge on any atom is -0.192 e. The highest BCUT2D eigenvalue weighted by atomic mass is 14.5. The highest BCUT2D eigenvalue weighted by Gasteiger charge is 2.50. The molecule has 306 valence electrons. The second kappa shape index (κ2) is 11.1. The number of nitriles is 1. The van der Waals surface area contributed by atoms with Crippen LogP contribution in [0.4, 0.5) is 0 Å². The van der Waals surface area contributed by atoms with Crippen molar-refractivity contribution in [3.63, 3.8) is 0 Å². The number of rotatable bonds is 0. The summed E-state index contributed by atoms with van der Waals surface area (Å²) >= 11 is 0. The molecule has 6 aliphatic rings. The molecule has 15 rings (SSSR count). The first-order valence-electron chi connectivity index (χ1n) is 23.6. The highest BCUT2D eigenvalue weighted by Crippen LogP contribution is 2.62. The molecule has 2 heterocycles. The largest absolute Gasteiger partial charge is 0.244 e. The lowest BCUT2D eigenvalue weighted by Crippen LogP contribution is -2.57. The molecule has 65 heavy (non-hydrogen) atoms.